The lowest BCUT2D eigenvalue weighted by atomic mass is 9.93. The summed E-state index contributed by atoms with van der Waals surface area (Å²) in [5.74, 6) is 0.260. The zero-order chi connectivity index (χ0) is 11.5. The Hall–Kier alpha value is -2.03. The van der Waals surface area contributed by atoms with Crippen molar-refractivity contribution in [2.45, 2.75) is 12.8 Å². The maximum absolute atomic E-state index is 9.75. The Morgan fingerprint density at radius 1 is 1.06 bits per heavy atom. The van der Waals surface area contributed by atoms with E-state index in [0.29, 0.717) is 0 Å². The fraction of sp³-hybridized carbons (Fsp3) is 0.154. The molecule has 2 rings (SSSR count). The molecule has 0 aliphatic carbocycles. The van der Waals surface area contributed by atoms with Gasteiger partial charge in [0.2, 0.25) is 0 Å². The van der Waals surface area contributed by atoms with E-state index < -0.39 is 0 Å². The van der Waals surface area contributed by atoms with E-state index in [1.165, 1.54) is 6.07 Å². The second kappa shape index (κ2) is 4.23. The predicted molar refractivity (Wildman–Crippen MR) is 61.5 cm³/mol. The third-order valence-corrected chi connectivity index (χ3v) is 2.69. The number of pyridine rings is 1. The molecule has 3 heteroatoms. The first-order valence-electron chi connectivity index (χ1n) is 5.10. The third kappa shape index (κ3) is 1.98. The van der Waals surface area contributed by atoms with Crippen LogP contribution >= 0.6 is 0 Å². The highest BCUT2D eigenvalue weighted by Gasteiger charge is 2.12. The monoisotopic (exact) mass is 215 g/mol. The molecule has 3 nitrogen and oxygen atoms in total. The van der Waals surface area contributed by atoms with Crippen molar-refractivity contribution in [3.8, 4) is 11.5 Å². The Morgan fingerprint density at radius 2 is 1.75 bits per heavy atom. The summed E-state index contributed by atoms with van der Waals surface area (Å²) < 4.78 is 0. The summed E-state index contributed by atoms with van der Waals surface area (Å²) in [7, 11) is 0. The van der Waals surface area contributed by atoms with Crippen LogP contribution in [0.4, 0.5) is 0 Å². The van der Waals surface area contributed by atoms with Crippen molar-refractivity contribution in [1.29, 1.82) is 0 Å². The van der Waals surface area contributed by atoms with Crippen LogP contribution < -0.4 is 0 Å². The standard InChI is InChI=1S/C13H13NO2/c1-9(10-4-6-14-7-5-10)12-3-2-11(15)8-13(12)16/h2-9,15-16H,1H3. The van der Waals surface area contributed by atoms with Crippen LogP contribution in [0.5, 0.6) is 11.5 Å². The van der Waals surface area contributed by atoms with Crippen molar-refractivity contribution in [3.63, 3.8) is 0 Å². The summed E-state index contributed by atoms with van der Waals surface area (Å²) in [6.07, 6.45) is 3.45. The van der Waals surface area contributed by atoms with Crippen LogP contribution in [0.3, 0.4) is 0 Å². The van der Waals surface area contributed by atoms with Crippen LogP contribution in [0.2, 0.25) is 0 Å². The molecule has 82 valence electrons. The summed E-state index contributed by atoms with van der Waals surface area (Å²) >= 11 is 0. The maximum Gasteiger partial charge on any atom is 0.123 e. The molecule has 0 amide bonds. The molecule has 0 spiro atoms. The first kappa shape index (κ1) is 10.5. The van der Waals surface area contributed by atoms with Gasteiger partial charge in [-0.2, -0.15) is 0 Å². The second-order valence-electron chi connectivity index (χ2n) is 3.75. The smallest absolute Gasteiger partial charge is 0.123 e. The number of aromatic nitrogens is 1. The SMILES string of the molecule is CC(c1ccncc1)c1ccc(O)cc1O. The van der Waals surface area contributed by atoms with Gasteiger partial charge in [0.15, 0.2) is 0 Å². The molecule has 0 saturated carbocycles. The van der Waals surface area contributed by atoms with E-state index in [0.717, 1.165) is 11.1 Å². The maximum atomic E-state index is 9.75. The van der Waals surface area contributed by atoms with Crippen molar-refractivity contribution in [1.82, 2.24) is 4.98 Å². The minimum atomic E-state index is 0.0724. The quantitative estimate of drug-likeness (QED) is 0.809. The van der Waals surface area contributed by atoms with Crippen molar-refractivity contribution < 1.29 is 10.2 Å². The molecule has 0 radical (unpaired) electrons. The summed E-state index contributed by atoms with van der Waals surface area (Å²) in [6.45, 7) is 2.00. The van der Waals surface area contributed by atoms with Gasteiger partial charge < -0.3 is 10.2 Å². The van der Waals surface area contributed by atoms with Crippen LogP contribution in [-0.4, -0.2) is 15.2 Å². The summed E-state index contributed by atoms with van der Waals surface area (Å²) in [6, 6.07) is 8.49. The number of phenols is 2. The van der Waals surface area contributed by atoms with Gasteiger partial charge in [-0.25, -0.2) is 0 Å². The van der Waals surface area contributed by atoms with E-state index in [1.807, 2.05) is 19.1 Å². The van der Waals surface area contributed by atoms with Crippen LogP contribution in [0, 0.1) is 0 Å². The van der Waals surface area contributed by atoms with Gasteiger partial charge in [-0.05, 0) is 23.8 Å². The molecule has 2 N–H and O–H groups in total. The molecule has 0 saturated heterocycles. The zero-order valence-corrected chi connectivity index (χ0v) is 8.96. The van der Waals surface area contributed by atoms with Crippen molar-refractivity contribution >= 4 is 0 Å². The van der Waals surface area contributed by atoms with Crippen molar-refractivity contribution in [2.24, 2.45) is 0 Å². The number of aromatic hydroxyl groups is 2. The summed E-state index contributed by atoms with van der Waals surface area (Å²) in [4.78, 5) is 3.96. The Morgan fingerprint density at radius 3 is 2.38 bits per heavy atom. The third-order valence-electron chi connectivity index (χ3n) is 2.69. The fourth-order valence-corrected chi connectivity index (χ4v) is 1.73. The molecule has 16 heavy (non-hydrogen) atoms. The lowest BCUT2D eigenvalue weighted by Crippen LogP contribution is -1.96. The molecule has 2 aromatic rings. The van der Waals surface area contributed by atoms with Gasteiger partial charge in [0.1, 0.15) is 11.5 Å². The molecule has 1 heterocycles. The number of rotatable bonds is 2. The predicted octanol–water partition coefficient (Wildman–Crippen LogP) is 2.64. The normalized spacial score (nSPS) is 12.3. The minimum absolute atomic E-state index is 0.0724. The van der Waals surface area contributed by atoms with E-state index in [2.05, 4.69) is 4.98 Å². The Balaban J connectivity index is 2.38. The van der Waals surface area contributed by atoms with Crippen LogP contribution in [0.15, 0.2) is 42.7 Å². The van der Waals surface area contributed by atoms with Crippen molar-refractivity contribution in [2.75, 3.05) is 0 Å². The molecular weight excluding hydrogens is 202 g/mol. The van der Waals surface area contributed by atoms with Gasteiger partial charge in [-0.1, -0.05) is 13.0 Å². The highest BCUT2D eigenvalue weighted by Crippen LogP contribution is 2.32. The van der Waals surface area contributed by atoms with Gasteiger partial charge in [0, 0.05) is 29.9 Å². The van der Waals surface area contributed by atoms with Gasteiger partial charge >= 0.3 is 0 Å². The van der Waals surface area contributed by atoms with Gasteiger partial charge in [-0.3, -0.25) is 4.98 Å². The molecule has 1 unspecified atom stereocenters. The number of benzene rings is 1. The van der Waals surface area contributed by atoms with Crippen molar-refractivity contribution in [3.05, 3.63) is 53.9 Å². The van der Waals surface area contributed by atoms with Crippen LogP contribution in [0.25, 0.3) is 0 Å². The lowest BCUT2D eigenvalue weighted by molar-refractivity contribution is 0.444. The molecule has 0 aliphatic rings. The average molecular weight is 215 g/mol. The van der Waals surface area contributed by atoms with E-state index in [-0.39, 0.29) is 17.4 Å². The molecular formula is C13H13NO2. The highest BCUT2D eigenvalue weighted by atomic mass is 16.3. The molecule has 0 aliphatic heterocycles. The van der Waals surface area contributed by atoms with Gasteiger partial charge in [0.05, 0.1) is 0 Å². The molecule has 1 aromatic carbocycles. The highest BCUT2D eigenvalue weighted by molar-refractivity contribution is 5.44. The zero-order valence-electron chi connectivity index (χ0n) is 8.96. The Bertz CT molecular complexity index is 483. The number of phenolic OH excluding ortho intramolecular Hbond substituents is 2. The summed E-state index contributed by atoms with van der Waals surface area (Å²) in [5, 5.41) is 19.0. The molecule has 0 bridgehead atoms. The topological polar surface area (TPSA) is 53.4 Å². The van der Waals surface area contributed by atoms with E-state index in [9.17, 15) is 10.2 Å². The number of nitrogens with zero attached hydrogens (tertiary/aromatic N) is 1. The van der Waals surface area contributed by atoms with E-state index in [1.54, 1.807) is 24.5 Å². The number of hydrogen-bond acceptors (Lipinski definition) is 3. The Kier molecular flexibility index (Phi) is 2.77. The minimum Gasteiger partial charge on any atom is -0.508 e. The molecule has 1 atom stereocenters. The van der Waals surface area contributed by atoms with E-state index >= 15 is 0 Å². The first-order chi connectivity index (χ1) is 7.68. The van der Waals surface area contributed by atoms with Gasteiger partial charge in [0.25, 0.3) is 0 Å². The number of hydrogen-bond donors (Lipinski definition) is 2. The lowest BCUT2D eigenvalue weighted by Gasteiger charge is -2.13. The second-order valence-corrected chi connectivity index (χ2v) is 3.75. The molecule has 0 fully saturated rings. The largest absolute Gasteiger partial charge is 0.508 e. The van der Waals surface area contributed by atoms with Gasteiger partial charge in [-0.15, -0.1) is 0 Å². The molecule has 1 aromatic heterocycles. The Labute approximate surface area is 94.0 Å². The average Bonchev–Trinajstić information content (AvgIpc) is 2.29. The van der Waals surface area contributed by atoms with Crippen LogP contribution in [-0.2, 0) is 0 Å². The summed E-state index contributed by atoms with van der Waals surface area (Å²) in [5.41, 5.74) is 1.87. The van der Waals surface area contributed by atoms with Crippen LogP contribution in [0.1, 0.15) is 24.0 Å². The fourth-order valence-electron chi connectivity index (χ4n) is 1.73. The first-order valence-corrected chi connectivity index (χ1v) is 5.10. The van der Waals surface area contributed by atoms with E-state index in [4.69, 9.17) is 0 Å².